The molecule has 0 radical (unpaired) electrons. The Labute approximate surface area is 112 Å². The predicted octanol–water partition coefficient (Wildman–Crippen LogP) is -0.247. The van der Waals surface area contributed by atoms with Crippen LogP contribution in [-0.2, 0) is 4.74 Å². The Morgan fingerprint density at radius 2 is 2.16 bits per heavy atom. The van der Waals surface area contributed by atoms with Crippen molar-refractivity contribution in [1.82, 2.24) is 9.88 Å². The topological polar surface area (TPSA) is 106 Å². The molecule has 0 saturated heterocycles. The lowest BCUT2D eigenvalue weighted by molar-refractivity contribution is 0.0996. The summed E-state index contributed by atoms with van der Waals surface area (Å²) in [6.45, 7) is 2.64. The van der Waals surface area contributed by atoms with Crippen LogP contribution in [0.4, 0.5) is 11.5 Å². The monoisotopic (exact) mass is 267 g/mol. The smallest absolute Gasteiger partial charge is 0.267 e. The highest BCUT2D eigenvalue weighted by atomic mass is 16.5. The van der Waals surface area contributed by atoms with Gasteiger partial charge >= 0.3 is 0 Å². The molecule has 1 heterocycles. The minimum atomic E-state index is -0.578. The van der Waals surface area contributed by atoms with Gasteiger partial charge in [-0.2, -0.15) is 0 Å². The minimum Gasteiger partial charge on any atom is -0.396 e. The summed E-state index contributed by atoms with van der Waals surface area (Å²) in [5.41, 5.74) is 11.6. The average molecular weight is 267 g/mol. The van der Waals surface area contributed by atoms with Crippen molar-refractivity contribution in [2.24, 2.45) is 5.73 Å². The lowest BCUT2D eigenvalue weighted by Crippen LogP contribution is -2.20. The second-order valence-electron chi connectivity index (χ2n) is 4.34. The fourth-order valence-corrected chi connectivity index (χ4v) is 1.34. The van der Waals surface area contributed by atoms with E-state index >= 15 is 0 Å². The molecular formula is C12H21N5O2. The molecule has 0 aliphatic carbocycles. The third-order valence-corrected chi connectivity index (χ3v) is 2.40. The number of anilines is 2. The molecule has 0 aromatic carbocycles. The van der Waals surface area contributed by atoms with Gasteiger partial charge in [-0.25, -0.2) is 4.98 Å². The summed E-state index contributed by atoms with van der Waals surface area (Å²) in [5, 5.41) is 3.01. The quantitative estimate of drug-likeness (QED) is 0.561. The summed E-state index contributed by atoms with van der Waals surface area (Å²) in [6, 6.07) is 3.10. The average Bonchev–Trinajstić information content (AvgIpc) is 2.34. The number of ether oxygens (including phenoxy) is 1. The SMILES string of the molecule is CN(C)CCOCCNc1nc(C(N)=O)ccc1N. The number of carbonyl (C=O) groups excluding carboxylic acids is 1. The number of carbonyl (C=O) groups is 1. The van der Waals surface area contributed by atoms with Gasteiger partial charge in [0.1, 0.15) is 11.5 Å². The number of likely N-dealkylation sites (N-methyl/N-ethyl adjacent to an activating group) is 1. The normalized spacial score (nSPS) is 10.7. The van der Waals surface area contributed by atoms with Gasteiger partial charge in [-0.1, -0.05) is 0 Å². The van der Waals surface area contributed by atoms with E-state index in [1.165, 1.54) is 6.07 Å². The standard InChI is InChI=1S/C12H21N5O2/c1-17(2)6-8-19-7-5-15-12-9(13)3-4-10(16-12)11(14)18/h3-4H,5-8,13H2,1-2H3,(H2,14,18)(H,15,16). The highest BCUT2D eigenvalue weighted by molar-refractivity contribution is 5.91. The van der Waals surface area contributed by atoms with Gasteiger partial charge in [-0.05, 0) is 26.2 Å². The first-order valence-corrected chi connectivity index (χ1v) is 6.03. The number of nitrogens with zero attached hydrogens (tertiary/aromatic N) is 2. The van der Waals surface area contributed by atoms with Crippen LogP contribution >= 0.6 is 0 Å². The molecule has 0 aliphatic heterocycles. The summed E-state index contributed by atoms with van der Waals surface area (Å²) < 4.78 is 5.42. The molecule has 0 spiro atoms. The van der Waals surface area contributed by atoms with Gasteiger partial charge < -0.3 is 26.4 Å². The lowest BCUT2D eigenvalue weighted by Gasteiger charge is -2.11. The van der Waals surface area contributed by atoms with Gasteiger partial charge in [-0.15, -0.1) is 0 Å². The first kappa shape index (κ1) is 15.2. The first-order valence-electron chi connectivity index (χ1n) is 6.03. The number of amides is 1. The summed E-state index contributed by atoms with van der Waals surface area (Å²) in [4.78, 5) is 17.1. The third-order valence-electron chi connectivity index (χ3n) is 2.40. The van der Waals surface area contributed by atoms with E-state index in [1.54, 1.807) is 6.07 Å². The number of nitrogens with one attached hydrogen (secondary N) is 1. The van der Waals surface area contributed by atoms with Gasteiger partial charge in [0.2, 0.25) is 0 Å². The zero-order valence-electron chi connectivity index (χ0n) is 11.3. The number of nitrogens with two attached hydrogens (primary N) is 2. The van der Waals surface area contributed by atoms with Crippen LogP contribution in [-0.4, -0.2) is 56.2 Å². The molecule has 0 atom stereocenters. The Hall–Kier alpha value is -1.86. The van der Waals surface area contributed by atoms with Gasteiger partial charge in [0.25, 0.3) is 5.91 Å². The Morgan fingerprint density at radius 1 is 1.42 bits per heavy atom. The fourth-order valence-electron chi connectivity index (χ4n) is 1.34. The number of aromatic nitrogens is 1. The number of hydrogen-bond donors (Lipinski definition) is 3. The van der Waals surface area contributed by atoms with Crippen LogP contribution in [0.2, 0.25) is 0 Å². The van der Waals surface area contributed by atoms with E-state index in [4.69, 9.17) is 16.2 Å². The van der Waals surface area contributed by atoms with Gasteiger partial charge in [0, 0.05) is 13.1 Å². The Kier molecular flexibility index (Phi) is 6.04. The minimum absolute atomic E-state index is 0.185. The third kappa shape index (κ3) is 5.54. The van der Waals surface area contributed by atoms with E-state index in [1.807, 2.05) is 19.0 Å². The maximum Gasteiger partial charge on any atom is 0.267 e. The molecule has 7 nitrogen and oxygen atoms in total. The van der Waals surface area contributed by atoms with Crippen molar-refractivity contribution in [2.45, 2.75) is 0 Å². The van der Waals surface area contributed by atoms with Crippen LogP contribution in [0.1, 0.15) is 10.5 Å². The molecular weight excluding hydrogens is 246 g/mol. The summed E-state index contributed by atoms with van der Waals surface area (Å²) in [7, 11) is 3.98. The second-order valence-corrected chi connectivity index (χ2v) is 4.34. The van der Waals surface area contributed by atoms with Crippen LogP contribution in [0.5, 0.6) is 0 Å². The highest BCUT2D eigenvalue weighted by Gasteiger charge is 2.06. The number of rotatable bonds is 8. The van der Waals surface area contributed by atoms with Gasteiger partial charge in [-0.3, -0.25) is 4.79 Å². The van der Waals surface area contributed by atoms with E-state index in [-0.39, 0.29) is 5.69 Å². The van der Waals surface area contributed by atoms with Gasteiger partial charge in [0.15, 0.2) is 0 Å². The zero-order valence-corrected chi connectivity index (χ0v) is 11.3. The van der Waals surface area contributed by atoms with Crippen molar-refractivity contribution in [2.75, 3.05) is 51.4 Å². The Balaban J connectivity index is 2.36. The highest BCUT2D eigenvalue weighted by Crippen LogP contribution is 2.14. The Bertz CT molecular complexity index is 423. The second kappa shape index (κ2) is 7.55. The maximum atomic E-state index is 11.0. The van der Waals surface area contributed by atoms with Crippen LogP contribution in [0.15, 0.2) is 12.1 Å². The molecule has 1 aromatic heterocycles. The van der Waals surface area contributed by atoms with Gasteiger partial charge in [0.05, 0.1) is 18.9 Å². The van der Waals surface area contributed by atoms with Crippen LogP contribution in [0, 0.1) is 0 Å². The van der Waals surface area contributed by atoms with Crippen molar-refractivity contribution in [3.8, 4) is 0 Å². The molecule has 106 valence electrons. The summed E-state index contributed by atoms with van der Waals surface area (Å²) >= 11 is 0. The molecule has 1 rings (SSSR count). The van der Waals surface area contributed by atoms with Crippen LogP contribution in [0.3, 0.4) is 0 Å². The molecule has 0 fully saturated rings. The van der Waals surface area contributed by atoms with E-state index in [9.17, 15) is 4.79 Å². The predicted molar refractivity (Wildman–Crippen MR) is 75.0 cm³/mol. The first-order chi connectivity index (χ1) is 9.00. The lowest BCUT2D eigenvalue weighted by atomic mass is 10.3. The molecule has 1 aromatic rings. The molecule has 0 aliphatic rings. The van der Waals surface area contributed by atoms with E-state index < -0.39 is 5.91 Å². The molecule has 0 bridgehead atoms. The number of hydrogen-bond acceptors (Lipinski definition) is 6. The number of primary amides is 1. The van der Waals surface area contributed by atoms with Crippen molar-refractivity contribution in [1.29, 1.82) is 0 Å². The van der Waals surface area contributed by atoms with Crippen molar-refractivity contribution < 1.29 is 9.53 Å². The summed E-state index contributed by atoms with van der Waals surface area (Å²) in [6.07, 6.45) is 0. The molecule has 0 saturated carbocycles. The van der Waals surface area contributed by atoms with Crippen LogP contribution < -0.4 is 16.8 Å². The molecule has 0 unspecified atom stereocenters. The Morgan fingerprint density at radius 3 is 2.79 bits per heavy atom. The van der Waals surface area contributed by atoms with E-state index in [2.05, 4.69) is 10.3 Å². The molecule has 19 heavy (non-hydrogen) atoms. The number of nitrogen functional groups attached to an aromatic ring is 1. The molecule has 5 N–H and O–H groups in total. The molecule has 1 amide bonds. The zero-order chi connectivity index (χ0) is 14.3. The summed E-state index contributed by atoms with van der Waals surface area (Å²) in [5.74, 6) is -0.127. The number of pyridine rings is 1. The van der Waals surface area contributed by atoms with Crippen molar-refractivity contribution in [3.05, 3.63) is 17.8 Å². The van der Waals surface area contributed by atoms with E-state index in [0.29, 0.717) is 31.3 Å². The van der Waals surface area contributed by atoms with E-state index in [0.717, 1.165) is 6.54 Å². The van der Waals surface area contributed by atoms with Crippen molar-refractivity contribution in [3.63, 3.8) is 0 Å². The maximum absolute atomic E-state index is 11.0. The molecule has 7 heteroatoms. The van der Waals surface area contributed by atoms with Crippen molar-refractivity contribution >= 4 is 17.4 Å². The fraction of sp³-hybridized carbons (Fsp3) is 0.500. The van der Waals surface area contributed by atoms with Crippen LogP contribution in [0.25, 0.3) is 0 Å². The largest absolute Gasteiger partial charge is 0.396 e.